The lowest BCUT2D eigenvalue weighted by molar-refractivity contribution is 0.0995. The summed E-state index contributed by atoms with van der Waals surface area (Å²) < 4.78 is 4.99. The Morgan fingerprint density at radius 3 is 2.79 bits per heavy atom. The van der Waals surface area contributed by atoms with Gasteiger partial charge in [-0.15, -0.1) is 0 Å². The number of nitrogens with zero attached hydrogens (tertiary/aromatic N) is 3. The summed E-state index contributed by atoms with van der Waals surface area (Å²) in [4.78, 5) is 22.4. The second kappa shape index (κ2) is 3.25. The average molecular weight is 190 g/mol. The Bertz CT molecular complexity index is 452. The Hall–Kier alpha value is -2.24. The zero-order chi connectivity index (χ0) is 9.97. The van der Waals surface area contributed by atoms with Gasteiger partial charge in [-0.3, -0.25) is 4.79 Å². The third kappa shape index (κ3) is 1.33. The molecule has 0 atom stereocenters. The Balaban J connectivity index is 2.58. The zero-order valence-corrected chi connectivity index (χ0v) is 7.04. The summed E-state index contributed by atoms with van der Waals surface area (Å²) in [5.41, 5.74) is 5.49. The van der Waals surface area contributed by atoms with Gasteiger partial charge >= 0.3 is 0 Å². The van der Waals surface area contributed by atoms with Crippen molar-refractivity contribution >= 4 is 5.91 Å². The Kier molecular flexibility index (Phi) is 1.94. The number of aromatic nitrogens is 3. The van der Waals surface area contributed by atoms with Gasteiger partial charge in [-0.1, -0.05) is 0 Å². The van der Waals surface area contributed by atoms with E-state index in [-0.39, 0.29) is 5.69 Å². The first-order valence-corrected chi connectivity index (χ1v) is 3.78. The highest BCUT2D eigenvalue weighted by molar-refractivity contribution is 5.95. The molecule has 70 valence electrons. The summed E-state index contributed by atoms with van der Waals surface area (Å²) in [6.45, 7) is 0. The van der Waals surface area contributed by atoms with E-state index in [0.717, 1.165) is 0 Å². The monoisotopic (exact) mass is 190 g/mol. The van der Waals surface area contributed by atoms with Gasteiger partial charge in [-0.25, -0.2) is 15.0 Å². The number of oxazole rings is 1. The van der Waals surface area contributed by atoms with Crippen molar-refractivity contribution in [2.75, 3.05) is 0 Å². The fourth-order valence-corrected chi connectivity index (χ4v) is 1.03. The highest BCUT2D eigenvalue weighted by Crippen LogP contribution is 2.17. The van der Waals surface area contributed by atoms with Gasteiger partial charge in [0.2, 0.25) is 0 Å². The molecule has 0 aliphatic carbocycles. The topological polar surface area (TPSA) is 94.9 Å². The van der Waals surface area contributed by atoms with Gasteiger partial charge in [-0.2, -0.15) is 0 Å². The number of rotatable bonds is 2. The van der Waals surface area contributed by atoms with Crippen molar-refractivity contribution in [3.8, 4) is 11.5 Å². The summed E-state index contributed by atoms with van der Waals surface area (Å²) in [5, 5.41) is 0. The maximum Gasteiger partial charge on any atom is 0.269 e. The molecule has 0 aliphatic heterocycles. The van der Waals surface area contributed by atoms with Crippen LogP contribution >= 0.6 is 0 Å². The molecule has 2 rings (SSSR count). The van der Waals surface area contributed by atoms with Crippen LogP contribution in [0.25, 0.3) is 11.5 Å². The minimum atomic E-state index is -0.649. The van der Waals surface area contributed by atoms with Crippen molar-refractivity contribution < 1.29 is 9.21 Å². The molecule has 2 aromatic rings. The molecule has 0 radical (unpaired) electrons. The van der Waals surface area contributed by atoms with Gasteiger partial charge in [0, 0.05) is 12.4 Å². The molecule has 0 saturated heterocycles. The van der Waals surface area contributed by atoms with Crippen LogP contribution in [-0.4, -0.2) is 20.9 Å². The van der Waals surface area contributed by atoms with E-state index >= 15 is 0 Å². The van der Waals surface area contributed by atoms with Gasteiger partial charge in [-0.05, 0) is 0 Å². The lowest BCUT2D eigenvalue weighted by Crippen LogP contribution is -2.15. The number of amides is 1. The quantitative estimate of drug-likeness (QED) is 0.731. The van der Waals surface area contributed by atoms with Crippen LogP contribution in [0.2, 0.25) is 0 Å². The van der Waals surface area contributed by atoms with Gasteiger partial charge in [0.05, 0.1) is 6.20 Å². The van der Waals surface area contributed by atoms with Crippen molar-refractivity contribution in [2.24, 2.45) is 5.73 Å². The average Bonchev–Trinajstić information content (AvgIpc) is 2.70. The summed E-state index contributed by atoms with van der Waals surface area (Å²) in [5.74, 6) is -0.281. The van der Waals surface area contributed by atoms with E-state index < -0.39 is 5.91 Å². The first-order valence-electron chi connectivity index (χ1n) is 3.78. The van der Waals surface area contributed by atoms with Crippen LogP contribution in [0.4, 0.5) is 0 Å². The molecule has 0 unspecified atom stereocenters. The second-order valence-electron chi connectivity index (χ2n) is 2.48. The molecular weight excluding hydrogens is 184 g/mol. The molecule has 0 aliphatic rings. The van der Waals surface area contributed by atoms with E-state index in [0.29, 0.717) is 11.5 Å². The van der Waals surface area contributed by atoms with E-state index in [1.54, 1.807) is 0 Å². The number of hydrogen-bond donors (Lipinski definition) is 1. The van der Waals surface area contributed by atoms with Crippen LogP contribution in [0.5, 0.6) is 0 Å². The lowest BCUT2D eigenvalue weighted by Gasteiger charge is -1.99. The zero-order valence-electron chi connectivity index (χ0n) is 7.04. The molecule has 0 bridgehead atoms. The number of primary amides is 1. The molecule has 0 aromatic carbocycles. The van der Waals surface area contributed by atoms with Crippen molar-refractivity contribution in [3.63, 3.8) is 0 Å². The van der Waals surface area contributed by atoms with Gasteiger partial charge in [0.25, 0.3) is 5.91 Å². The van der Waals surface area contributed by atoms with E-state index in [9.17, 15) is 4.79 Å². The van der Waals surface area contributed by atoms with Crippen LogP contribution < -0.4 is 5.73 Å². The number of nitrogens with two attached hydrogens (primary N) is 1. The third-order valence-corrected chi connectivity index (χ3v) is 1.60. The molecular formula is C8H6N4O2. The molecule has 6 nitrogen and oxygen atoms in total. The maximum atomic E-state index is 11.0. The van der Waals surface area contributed by atoms with Crippen LogP contribution in [0, 0.1) is 0 Å². The first kappa shape index (κ1) is 8.36. The summed E-state index contributed by atoms with van der Waals surface area (Å²) in [7, 11) is 0. The molecule has 2 aromatic heterocycles. The van der Waals surface area contributed by atoms with Gasteiger partial charge in [0.1, 0.15) is 5.69 Å². The largest absolute Gasteiger partial charge is 0.442 e. The van der Waals surface area contributed by atoms with Crippen molar-refractivity contribution in [3.05, 3.63) is 30.7 Å². The molecule has 0 saturated carbocycles. The highest BCUT2D eigenvalue weighted by Gasteiger charge is 2.14. The van der Waals surface area contributed by atoms with Crippen molar-refractivity contribution in [1.82, 2.24) is 15.0 Å². The predicted molar refractivity (Wildman–Crippen MR) is 46.0 cm³/mol. The minimum Gasteiger partial charge on any atom is -0.442 e. The molecule has 0 fully saturated rings. The molecule has 6 heteroatoms. The van der Waals surface area contributed by atoms with Crippen molar-refractivity contribution in [2.45, 2.75) is 0 Å². The van der Waals surface area contributed by atoms with Crippen LogP contribution in [0.1, 0.15) is 10.5 Å². The molecule has 2 N–H and O–H groups in total. The highest BCUT2D eigenvalue weighted by atomic mass is 16.3. The van der Waals surface area contributed by atoms with E-state index in [1.165, 1.54) is 25.0 Å². The third-order valence-electron chi connectivity index (χ3n) is 1.60. The smallest absolute Gasteiger partial charge is 0.269 e. The molecule has 14 heavy (non-hydrogen) atoms. The van der Waals surface area contributed by atoms with E-state index in [2.05, 4.69) is 15.0 Å². The van der Waals surface area contributed by atoms with Crippen molar-refractivity contribution in [1.29, 1.82) is 0 Å². The number of hydrogen-bond acceptors (Lipinski definition) is 5. The van der Waals surface area contributed by atoms with Crippen LogP contribution in [0.15, 0.2) is 29.4 Å². The maximum absolute atomic E-state index is 11.0. The second-order valence-corrected chi connectivity index (χ2v) is 2.48. The Morgan fingerprint density at radius 2 is 2.14 bits per heavy atom. The van der Waals surface area contributed by atoms with Gasteiger partial charge < -0.3 is 10.2 Å². The number of carbonyl (C=O) groups is 1. The van der Waals surface area contributed by atoms with Crippen LogP contribution in [0.3, 0.4) is 0 Å². The predicted octanol–water partition coefficient (Wildman–Crippen LogP) is 0.230. The normalized spacial score (nSPS) is 10.0. The molecule has 0 spiro atoms. The van der Waals surface area contributed by atoms with Gasteiger partial charge in [0.15, 0.2) is 17.8 Å². The Morgan fingerprint density at radius 1 is 1.36 bits per heavy atom. The van der Waals surface area contributed by atoms with E-state index in [4.69, 9.17) is 10.2 Å². The standard InChI is InChI=1S/C8H6N4O2/c9-8(13)7-6(11-1-2-12-7)5-3-10-4-14-5/h1-4H,(H2,9,13). The fraction of sp³-hybridized carbons (Fsp3) is 0. The minimum absolute atomic E-state index is 0.0734. The SMILES string of the molecule is NC(=O)c1nccnc1-c1cnco1. The van der Waals surface area contributed by atoms with E-state index in [1.807, 2.05) is 0 Å². The summed E-state index contributed by atoms with van der Waals surface area (Å²) in [6.07, 6.45) is 5.52. The first-order chi connectivity index (χ1) is 6.79. The molecule has 2 heterocycles. The Labute approximate surface area is 78.8 Å². The lowest BCUT2D eigenvalue weighted by atomic mass is 10.2. The number of carbonyl (C=O) groups excluding carboxylic acids is 1. The molecule has 1 amide bonds. The van der Waals surface area contributed by atoms with Crippen LogP contribution in [-0.2, 0) is 0 Å². The fourth-order valence-electron chi connectivity index (χ4n) is 1.03. The summed E-state index contributed by atoms with van der Waals surface area (Å²) >= 11 is 0. The summed E-state index contributed by atoms with van der Waals surface area (Å²) in [6, 6.07) is 0.